The molecule has 1 atom stereocenters. The first-order valence-electron chi connectivity index (χ1n) is 4.79. The standard InChI is InChI=1S/C12H13ClFN/c1-2-3-4-5-12(15)10-7-6-9(13)8-11(10)14/h1,6-8,12H,3-5,15H2. The number of benzene rings is 1. The molecule has 0 aliphatic carbocycles. The molecule has 0 saturated heterocycles. The Morgan fingerprint density at radius 2 is 2.27 bits per heavy atom. The first-order chi connectivity index (χ1) is 7.15. The minimum absolute atomic E-state index is 0.310. The van der Waals surface area contributed by atoms with Crippen LogP contribution in [-0.4, -0.2) is 0 Å². The van der Waals surface area contributed by atoms with Crippen LogP contribution in [0, 0.1) is 18.2 Å². The van der Waals surface area contributed by atoms with Gasteiger partial charge in [-0.1, -0.05) is 17.7 Å². The van der Waals surface area contributed by atoms with E-state index in [4.69, 9.17) is 23.8 Å². The highest BCUT2D eigenvalue weighted by Crippen LogP contribution is 2.22. The lowest BCUT2D eigenvalue weighted by atomic mass is 10.0. The molecule has 1 nitrogen and oxygen atoms in total. The Balaban J connectivity index is 2.66. The number of hydrogen-bond acceptors (Lipinski definition) is 1. The lowest BCUT2D eigenvalue weighted by Gasteiger charge is -2.12. The summed E-state index contributed by atoms with van der Waals surface area (Å²) < 4.78 is 13.4. The molecule has 0 aromatic heterocycles. The molecule has 15 heavy (non-hydrogen) atoms. The molecule has 1 aromatic rings. The predicted octanol–water partition coefficient (Wildman–Crippen LogP) is 3.28. The summed E-state index contributed by atoms with van der Waals surface area (Å²) in [4.78, 5) is 0. The molecule has 0 radical (unpaired) electrons. The summed E-state index contributed by atoms with van der Waals surface area (Å²) in [6.07, 6.45) is 7.28. The van der Waals surface area contributed by atoms with Gasteiger partial charge in [-0.05, 0) is 25.0 Å². The van der Waals surface area contributed by atoms with Gasteiger partial charge in [-0.15, -0.1) is 12.3 Å². The highest BCUT2D eigenvalue weighted by atomic mass is 35.5. The molecule has 0 amide bonds. The van der Waals surface area contributed by atoms with Crippen LogP contribution in [-0.2, 0) is 0 Å². The normalized spacial score (nSPS) is 12.1. The third-order valence-corrected chi connectivity index (χ3v) is 2.43. The first kappa shape index (κ1) is 12.0. The maximum Gasteiger partial charge on any atom is 0.129 e. The van der Waals surface area contributed by atoms with Crippen LogP contribution in [0.5, 0.6) is 0 Å². The van der Waals surface area contributed by atoms with Gasteiger partial charge in [0.25, 0.3) is 0 Å². The maximum absolute atomic E-state index is 13.4. The summed E-state index contributed by atoms with van der Waals surface area (Å²) >= 11 is 5.64. The zero-order valence-corrected chi connectivity index (χ0v) is 9.10. The largest absolute Gasteiger partial charge is 0.324 e. The lowest BCUT2D eigenvalue weighted by molar-refractivity contribution is 0.554. The minimum Gasteiger partial charge on any atom is -0.324 e. The molecule has 1 unspecified atom stereocenters. The van der Waals surface area contributed by atoms with Crippen LogP contribution in [0.25, 0.3) is 0 Å². The van der Waals surface area contributed by atoms with Crippen molar-refractivity contribution in [1.29, 1.82) is 0 Å². The van der Waals surface area contributed by atoms with Crippen molar-refractivity contribution in [3.63, 3.8) is 0 Å². The van der Waals surface area contributed by atoms with Crippen molar-refractivity contribution in [1.82, 2.24) is 0 Å². The molecule has 80 valence electrons. The first-order valence-corrected chi connectivity index (χ1v) is 5.17. The molecule has 0 fully saturated rings. The van der Waals surface area contributed by atoms with E-state index in [-0.39, 0.29) is 11.9 Å². The van der Waals surface area contributed by atoms with E-state index >= 15 is 0 Å². The molecular weight excluding hydrogens is 213 g/mol. The van der Waals surface area contributed by atoms with Crippen LogP contribution in [0.4, 0.5) is 4.39 Å². The Kier molecular flexibility index (Phi) is 4.61. The summed E-state index contributed by atoms with van der Waals surface area (Å²) in [5.41, 5.74) is 6.33. The fourth-order valence-electron chi connectivity index (χ4n) is 1.38. The smallest absolute Gasteiger partial charge is 0.129 e. The highest BCUT2D eigenvalue weighted by Gasteiger charge is 2.10. The molecule has 1 aromatic carbocycles. The van der Waals surface area contributed by atoms with Crippen molar-refractivity contribution in [3.05, 3.63) is 34.6 Å². The molecule has 3 heteroatoms. The van der Waals surface area contributed by atoms with E-state index < -0.39 is 0 Å². The van der Waals surface area contributed by atoms with E-state index in [1.807, 2.05) is 0 Å². The molecule has 2 N–H and O–H groups in total. The average molecular weight is 226 g/mol. The topological polar surface area (TPSA) is 26.0 Å². The van der Waals surface area contributed by atoms with E-state index in [1.54, 1.807) is 12.1 Å². The van der Waals surface area contributed by atoms with Gasteiger partial charge in [-0.25, -0.2) is 4.39 Å². The summed E-state index contributed by atoms with van der Waals surface area (Å²) in [5, 5.41) is 0.382. The Hall–Kier alpha value is -1.04. The Morgan fingerprint density at radius 1 is 1.53 bits per heavy atom. The summed E-state index contributed by atoms with van der Waals surface area (Å²) in [7, 11) is 0. The second-order valence-electron chi connectivity index (χ2n) is 3.37. The number of halogens is 2. The van der Waals surface area contributed by atoms with Crippen molar-refractivity contribution >= 4 is 11.6 Å². The maximum atomic E-state index is 13.4. The SMILES string of the molecule is C#CCCCC(N)c1ccc(Cl)cc1F. The van der Waals surface area contributed by atoms with Gasteiger partial charge in [0.05, 0.1) is 0 Å². The van der Waals surface area contributed by atoms with Crippen molar-refractivity contribution in [3.8, 4) is 12.3 Å². The van der Waals surface area contributed by atoms with Crippen LogP contribution in [0.3, 0.4) is 0 Å². The Morgan fingerprint density at radius 3 is 2.87 bits per heavy atom. The highest BCUT2D eigenvalue weighted by molar-refractivity contribution is 6.30. The van der Waals surface area contributed by atoms with Crippen LogP contribution in [0.1, 0.15) is 30.9 Å². The third kappa shape index (κ3) is 3.54. The summed E-state index contributed by atoms with van der Waals surface area (Å²) in [6.45, 7) is 0. The van der Waals surface area contributed by atoms with Gasteiger partial charge in [0.1, 0.15) is 5.82 Å². The van der Waals surface area contributed by atoms with E-state index in [2.05, 4.69) is 5.92 Å². The number of unbranched alkanes of at least 4 members (excludes halogenated alkanes) is 1. The van der Waals surface area contributed by atoms with Crippen molar-refractivity contribution in [2.75, 3.05) is 0 Å². The van der Waals surface area contributed by atoms with Crippen LogP contribution in [0.15, 0.2) is 18.2 Å². The Bertz CT molecular complexity index is 370. The van der Waals surface area contributed by atoms with Gasteiger partial charge < -0.3 is 5.73 Å². The number of terminal acetylenes is 1. The molecule has 0 bridgehead atoms. The number of nitrogens with two attached hydrogens (primary N) is 1. The van der Waals surface area contributed by atoms with Gasteiger partial charge in [0.15, 0.2) is 0 Å². The fourth-order valence-corrected chi connectivity index (χ4v) is 1.54. The quantitative estimate of drug-likeness (QED) is 0.618. The van der Waals surface area contributed by atoms with Crippen LogP contribution >= 0.6 is 11.6 Å². The predicted molar refractivity (Wildman–Crippen MR) is 61.0 cm³/mol. The summed E-state index contributed by atoms with van der Waals surface area (Å²) in [5.74, 6) is 2.18. The molecule has 0 spiro atoms. The zero-order valence-electron chi connectivity index (χ0n) is 8.34. The van der Waals surface area contributed by atoms with Crippen LogP contribution in [0.2, 0.25) is 5.02 Å². The number of hydrogen-bond donors (Lipinski definition) is 1. The monoisotopic (exact) mass is 225 g/mol. The van der Waals surface area contributed by atoms with E-state index in [9.17, 15) is 4.39 Å². The molecule has 0 heterocycles. The van der Waals surface area contributed by atoms with Gasteiger partial charge in [-0.3, -0.25) is 0 Å². The van der Waals surface area contributed by atoms with Gasteiger partial charge in [0, 0.05) is 23.0 Å². The van der Waals surface area contributed by atoms with E-state index in [1.165, 1.54) is 6.07 Å². The van der Waals surface area contributed by atoms with Gasteiger partial charge >= 0.3 is 0 Å². The van der Waals surface area contributed by atoms with E-state index in [0.29, 0.717) is 23.4 Å². The molecule has 0 aliphatic heterocycles. The molecule has 0 saturated carbocycles. The molecule has 0 aliphatic rings. The second kappa shape index (κ2) is 5.75. The van der Waals surface area contributed by atoms with E-state index in [0.717, 1.165) is 6.42 Å². The van der Waals surface area contributed by atoms with Crippen molar-refractivity contribution in [2.45, 2.75) is 25.3 Å². The second-order valence-corrected chi connectivity index (χ2v) is 3.81. The minimum atomic E-state index is -0.351. The van der Waals surface area contributed by atoms with Crippen molar-refractivity contribution < 1.29 is 4.39 Å². The van der Waals surface area contributed by atoms with Gasteiger partial charge in [0.2, 0.25) is 0 Å². The van der Waals surface area contributed by atoms with Crippen LogP contribution < -0.4 is 5.73 Å². The zero-order chi connectivity index (χ0) is 11.3. The molecule has 1 rings (SSSR count). The average Bonchev–Trinajstić information content (AvgIpc) is 2.17. The lowest BCUT2D eigenvalue weighted by Crippen LogP contribution is -2.11. The van der Waals surface area contributed by atoms with Crippen molar-refractivity contribution in [2.24, 2.45) is 5.73 Å². The summed E-state index contributed by atoms with van der Waals surface area (Å²) in [6, 6.07) is 4.23. The van der Waals surface area contributed by atoms with Gasteiger partial charge in [-0.2, -0.15) is 0 Å². The fraction of sp³-hybridized carbons (Fsp3) is 0.333. The third-order valence-electron chi connectivity index (χ3n) is 2.20. The molecular formula is C12H13ClFN. The number of rotatable bonds is 4. The Labute approximate surface area is 94.4 Å².